The number of fused-ring (bicyclic) bond motifs is 3. The first-order valence-electron chi connectivity index (χ1n) is 30.9. The van der Waals surface area contributed by atoms with Gasteiger partial charge in [-0.15, -0.1) is 11.6 Å². The van der Waals surface area contributed by atoms with Gasteiger partial charge in [-0.1, -0.05) is 202 Å². The van der Waals surface area contributed by atoms with E-state index < -0.39 is 136 Å². The number of esters is 2. The van der Waals surface area contributed by atoms with E-state index in [0.717, 1.165) is 18.2 Å². The molecule has 0 unspecified atom stereocenters. The lowest BCUT2D eigenvalue weighted by atomic mass is 9.83. The summed E-state index contributed by atoms with van der Waals surface area (Å²) in [6.45, 7) is 5.01. The van der Waals surface area contributed by atoms with Gasteiger partial charge in [0.05, 0.1) is 84.3 Å². The molecule has 498 valence electrons. The minimum Gasteiger partial charge on any atom is -0.465 e. The number of hydrogen-bond donors (Lipinski definition) is 2. The molecule has 4 aliphatic heterocycles. The molecule has 4 heterocycles. The summed E-state index contributed by atoms with van der Waals surface area (Å²) in [6, 6.07) is 51.8. The molecule has 23 heteroatoms. The monoisotopic (exact) mass is 1320 g/mol. The number of rotatable bonds is 34. The van der Waals surface area contributed by atoms with E-state index >= 15 is 4.79 Å². The highest BCUT2D eigenvalue weighted by Crippen LogP contribution is 2.44. The van der Waals surface area contributed by atoms with E-state index in [1.54, 1.807) is 84.9 Å². The molecule has 0 aliphatic carbocycles. The van der Waals surface area contributed by atoms with E-state index in [1.165, 1.54) is 0 Å². The Balaban J connectivity index is 1.22. The molecule has 0 radical (unpaired) electrons. The van der Waals surface area contributed by atoms with Gasteiger partial charge in [-0.2, -0.15) is 13.2 Å². The molecule has 2 amide bonds. The number of carbonyl (C=O) groups excluding carboxylic acids is 4. The van der Waals surface area contributed by atoms with Gasteiger partial charge in [0.2, 0.25) is 0 Å². The average Bonchev–Trinajstić information content (AvgIpc) is 0.739. The van der Waals surface area contributed by atoms with Crippen molar-refractivity contribution >= 4 is 43.4 Å². The van der Waals surface area contributed by atoms with E-state index in [-0.39, 0.29) is 52.7 Å². The smallest absolute Gasteiger partial charge is 0.465 e. The number of alkyl halides is 4. The number of methoxy groups -OCH3 is 1. The van der Waals surface area contributed by atoms with Crippen LogP contribution in [0.4, 0.5) is 13.2 Å². The number of carbonyl (C=O) groups is 4. The van der Waals surface area contributed by atoms with Crippen LogP contribution in [0.25, 0.3) is 0 Å². The normalized spacial score (nSPS) is 23.4. The number of benzene rings is 6. The maximum atomic E-state index is 15.6. The number of amides is 2. The summed E-state index contributed by atoms with van der Waals surface area (Å²) in [5.41, 5.74) is 4.07. The fourth-order valence-corrected chi connectivity index (χ4v) is 12.1. The SMILES string of the molecule is COC(=O)[C@@]1(O[C@H](COCc2ccccc2)[C@@H](OCc2ccccc2)[C@@H]2O[C@]3(OCC[Si](C)(C)C)C[C@H](OCc4ccccc4)[C@H]2NC3=O)C[C@H](OCc2ccccc2)[C@@H](NC(=O)C(F)(F)F)[C@H]([C@H](OCc2ccccc2)[C@@H](COCc2ccccc2)OC(=O)CCl)O1. The van der Waals surface area contributed by atoms with Crippen molar-refractivity contribution in [2.45, 2.75) is 157 Å². The molecule has 12 atom stereocenters. The third-order valence-corrected chi connectivity index (χ3v) is 18.0. The van der Waals surface area contributed by atoms with Gasteiger partial charge in [0.1, 0.15) is 36.4 Å². The zero-order valence-electron chi connectivity index (χ0n) is 52.3. The van der Waals surface area contributed by atoms with Gasteiger partial charge in [-0.3, -0.25) is 14.4 Å². The molecule has 2 bridgehead atoms. The molecule has 4 fully saturated rings. The summed E-state index contributed by atoms with van der Waals surface area (Å²) < 4.78 is 125. The molecule has 18 nitrogen and oxygen atoms in total. The van der Waals surface area contributed by atoms with Gasteiger partial charge in [-0.05, 0) is 39.4 Å². The second kappa shape index (κ2) is 33.5. The molecular weight excluding hydrogens is 1250 g/mol. The molecule has 0 aromatic heterocycles. The second-order valence-electron chi connectivity index (χ2n) is 24.2. The van der Waals surface area contributed by atoms with Gasteiger partial charge in [-0.25, -0.2) is 4.79 Å². The van der Waals surface area contributed by atoms with Crippen molar-refractivity contribution in [2.24, 2.45) is 0 Å². The number of halogens is 4. The molecule has 0 saturated carbocycles. The number of ether oxygens (including phenoxy) is 12. The predicted octanol–water partition coefficient (Wildman–Crippen LogP) is 10.3. The lowest BCUT2D eigenvalue weighted by molar-refractivity contribution is -0.358. The topological polar surface area (TPSA) is 203 Å². The van der Waals surface area contributed by atoms with E-state index in [4.69, 9.17) is 68.4 Å². The van der Waals surface area contributed by atoms with Crippen LogP contribution < -0.4 is 10.6 Å². The Labute approximate surface area is 545 Å². The fourth-order valence-electron chi connectivity index (χ4n) is 11.3. The molecule has 0 spiro atoms. The van der Waals surface area contributed by atoms with E-state index in [0.29, 0.717) is 28.3 Å². The highest BCUT2D eigenvalue weighted by Gasteiger charge is 2.65. The number of morpholine rings is 1. The number of piperidine rings is 1. The fraction of sp³-hybridized carbons (Fsp3) is 0.429. The van der Waals surface area contributed by atoms with Crippen molar-refractivity contribution in [2.75, 3.05) is 32.8 Å². The van der Waals surface area contributed by atoms with Gasteiger partial charge < -0.3 is 67.5 Å². The van der Waals surface area contributed by atoms with Crippen molar-refractivity contribution in [3.63, 3.8) is 0 Å². The maximum Gasteiger partial charge on any atom is 0.471 e. The highest BCUT2D eigenvalue weighted by molar-refractivity contribution is 6.76. The quantitative estimate of drug-likeness (QED) is 0.0219. The van der Waals surface area contributed by atoms with Crippen LogP contribution in [0, 0.1) is 0 Å². The number of nitrogens with one attached hydrogen (secondary N) is 2. The first-order chi connectivity index (χ1) is 44.8. The van der Waals surface area contributed by atoms with Crippen molar-refractivity contribution in [1.82, 2.24) is 10.6 Å². The molecular formula is C70H80ClF3N2O16Si. The summed E-state index contributed by atoms with van der Waals surface area (Å²) in [7, 11) is -0.735. The Kier molecular flexibility index (Phi) is 25.3. The largest absolute Gasteiger partial charge is 0.471 e. The predicted molar refractivity (Wildman–Crippen MR) is 338 cm³/mol. The Morgan fingerprint density at radius 1 is 0.613 bits per heavy atom. The Morgan fingerprint density at radius 3 is 1.51 bits per heavy atom. The minimum atomic E-state index is -5.50. The summed E-state index contributed by atoms with van der Waals surface area (Å²) >= 11 is 6.16. The van der Waals surface area contributed by atoms with Crippen LogP contribution >= 0.6 is 11.6 Å². The van der Waals surface area contributed by atoms with Crippen molar-refractivity contribution < 1.29 is 89.2 Å². The lowest BCUT2D eigenvalue weighted by Crippen LogP contribution is -2.77. The van der Waals surface area contributed by atoms with Crippen LogP contribution in [0.2, 0.25) is 25.7 Å². The zero-order valence-corrected chi connectivity index (χ0v) is 54.1. The van der Waals surface area contributed by atoms with Crippen LogP contribution in [0.5, 0.6) is 0 Å². The second-order valence-corrected chi connectivity index (χ2v) is 30.1. The van der Waals surface area contributed by atoms with Gasteiger partial charge in [0.25, 0.3) is 17.5 Å². The van der Waals surface area contributed by atoms with E-state index in [2.05, 4.69) is 30.3 Å². The van der Waals surface area contributed by atoms with Crippen LogP contribution in [0.15, 0.2) is 182 Å². The summed E-state index contributed by atoms with van der Waals surface area (Å²) in [5.74, 6) is -10.7. The van der Waals surface area contributed by atoms with Gasteiger partial charge in [0.15, 0.2) is 6.10 Å². The zero-order chi connectivity index (χ0) is 65.9. The Hall–Kier alpha value is -6.90. The maximum absolute atomic E-state index is 15.6. The van der Waals surface area contributed by atoms with Crippen LogP contribution in [-0.2, 0) is 116 Å². The number of hydrogen-bond acceptors (Lipinski definition) is 16. The van der Waals surface area contributed by atoms with E-state index in [9.17, 15) is 27.6 Å². The Bertz CT molecular complexity index is 3280. The lowest BCUT2D eigenvalue weighted by Gasteiger charge is -2.55. The third kappa shape index (κ3) is 19.8. The highest BCUT2D eigenvalue weighted by atomic mass is 35.5. The third-order valence-electron chi connectivity index (χ3n) is 16.1. The molecule has 10 rings (SSSR count). The van der Waals surface area contributed by atoms with Crippen molar-refractivity contribution in [1.29, 1.82) is 0 Å². The first-order valence-corrected chi connectivity index (χ1v) is 35.1. The molecule has 6 aromatic rings. The van der Waals surface area contributed by atoms with Crippen LogP contribution in [0.3, 0.4) is 0 Å². The van der Waals surface area contributed by atoms with Gasteiger partial charge in [0, 0.05) is 27.5 Å². The summed E-state index contributed by atoms with van der Waals surface area (Å²) in [5, 5.41) is 5.28. The molecule has 93 heavy (non-hydrogen) atoms. The summed E-state index contributed by atoms with van der Waals surface area (Å²) in [6.07, 6.45) is -18.5. The molecule has 2 N–H and O–H groups in total. The minimum absolute atomic E-state index is 0.0284. The summed E-state index contributed by atoms with van der Waals surface area (Å²) in [4.78, 5) is 57.6. The van der Waals surface area contributed by atoms with Crippen molar-refractivity contribution in [3.05, 3.63) is 215 Å². The molecule has 6 aromatic carbocycles. The van der Waals surface area contributed by atoms with E-state index in [1.807, 2.05) is 97.1 Å². The Morgan fingerprint density at radius 2 is 1.05 bits per heavy atom. The molecule has 4 saturated heterocycles. The van der Waals surface area contributed by atoms with Crippen LogP contribution in [0.1, 0.15) is 46.2 Å². The standard InChI is InChI=1S/C70H80ClF3N2O16Si/c1-81-67(80)69(38-55(85-43-51-29-17-8-18-30-51)60(76-66(79)70(72,73)74)63(92-69)61(86-44-52-31-19-9-20-32-52)56(89-58(77)39-71)46-82-40-48-23-11-5-12-24-48)90-57(47-83-41-49-25-13-6-14-26-49)62(87-45-53-33-21-10-22-34-53)64-59-54(84-42-50-27-15-7-16-28-50)37-68(91-64,65(78)75-59)88-35-36-93(2,3)4/h5-34,54-57,59-64H,35-47H2,1-4H3,(H,75,78)(H,76,79)/t54-,55-,56+,57+,59+,60+,61+,62+,63+,64+,68+,69+/m0/s1. The van der Waals surface area contributed by atoms with Gasteiger partial charge >= 0.3 is 24.0 Å². The average molecular weight is 1330 g/mol. The van der Waals surface area contributed by atoms with Crippen LogP contribution in [-0.4, -0.2) is 143 Å². The first kappa shape index (κ1) is 70.4. The van der Waals surface area contributed by atoms with Crippen molar-refractivity contribution in [3.8, 4) is 0 Å². The molecule has 4 aliphatic rings.